The third kappa shape index (κ3) is 3.97. The van der Waals surface area contributed by atoms with Crippen molar-refractivity contribution in [3.63, 3.8) is 0 Å². The number of piperidine rings is 1. The maximum absolute atomic E-state index is 12.1. The van der Waals surface area contributed by atoms with Crippen LogP contribution in [-0.2, 0) is 16.1 Å². The third-order valence-electron chi connectivity index (χ3n) is 3.90. The summed E-state index contributed by atoms with van der Waals surface area (Å²) in [5.41, 5.74) is 0.855. The van der Waals surface area contributed by atoms with E-state index in [4.69, 9.17) is 4.74 Å². The van der Waals surface area contributed by atoms with E-state index in [2.05, 4.69) is 12.2 Å². The van der Waals surface area contributed by atoms with Crippen LogP contribution in [0.3, 0.4) is 0 Å². The van der Waals surface area contributed by atoms with Crippen LogP contribution in [0.4, 0.5) is 0 Å². The normalized spacial score (nSPS) is 15.6. The SMILES string of the molecule is COc1ccccc1CNC(=O)C(=O)N1CCC(C)CC1. The number of likely N-dealkylation sites (tertiary alicyclic amines) is 1. The van der Waals surface area contributed by atoms with Gasteiger partial charge in [-0.2, -0.15) is 0 Å². The molecule has 1 aliphatic rings. The molecule has 1 saturated heterocycles. The second-order valence-corrected chi connectivity index (χ2v) is 5.47. The van der Waals surface area contributed by atoms with Crippen molar-refractivity contribution in [2.75, 3.05) is 20.2 Å². The van der Waals surface area contributed by atoms with Crippen molar-refractivity contribution >= 4 is 11.8 Å². The highest BCUT2D eigenvalue weighted by Gasteiger charge is 2.25. The molecule has 1 aromatic carbocycles. The molecule has 1 aliphatic heterocycles. The molecule has 1 N–H and O–H groups in total. The van der Waals surface area contributed by atoms with Crippen LogP contribution in [0.1, 0.15) is 25.3 Å². The van der Waals surface area contributed by atoms with Gasteiger partial charge in [0, 0.05) is 25.2 Å². The Morgan fingerprint density at radius 2 is 1.95 bits per heavy atom. The van der Waals surface area contributed by atoms with Gasteiger partial charge in [-0.1, -0.05) is 25.1 Å². The molecule has 21 heavy (non-hydrogen) atoms. The largest absolute Gasteiger partial charge is 0.496 e. The Morgan fingerprint density at radius 3 is 2.62 bits per heavy atom. The summed E-state index contributed by atoms with van der Waals surface area (Å²) in [6.45, 7) is 3.80. The molecular formula is C16H22N2O3. The number of nitrogens with zero attached hydrogens (tertiary/aromatic N) is 1. The van der Waals surface area contributed by atoms with Crippen LogP contribution in [-0.4, -0.2) is 36.9 Å². The average Bonchev–Trinajstić information content (AvgIpc) is 2.52. The quantitative estimate of drug-likeness (QED) is 0.860. The van der Waals surface area contributed by atoms with Gasteiger partial charge in [-0.25, -0.2) is 0 Å². The highest BCUT2D eigenvalue weighted by molar-refractivity contribution is 6.34. The second kappa shape index (κ2) is 7.11. The number of benzene rings is 1. The molecular weight excluding hydrogens is 268 g/mol. The van der Waals surface area contributed by atoms with Crippen LogP contribution in [0.5, 0.6) is 5.75 Å². The van der Waals surface area contributed by atoms with Crippen molar-refractivity contribution in [3.8, 4) is 5.75 Å². The van der Waals surface area contributed by atoms with E-state index >= 15 is 0 Å². The molecule has 0 saturated carbocycles. The number of amides is 2. The first kappa shape index (κ1) is 15.4. The second-order valence-electron chi connectivity index (χ2n) is 5.47. The molecule has 0 unspecified atom stereocenters. The predicted molar refractivity (Wildman–Crippen MR) is 79.8 cm³/mol. The van der Waals surface area contributed by atoms with E-state index in [0.717, 1.165) is 18.4 Å². The fraction of sp³-hybridized carbons (Fsp3) is 0.500. The fourth-order valence-electron chi connectivity index (χ4n) is 2.46. The Labute approximate surface area is 125 Å². The van der Waals surface area contributed by atoms with Gasteiger partial charge >= 0.3 is 11.8 Å². The van der Waals surface area contributed by atoms with Gasteiger partial charge in [-0.15, -0.1) is 0 Å². The minimum Gasteiger partial charge on any atom is -0.496 e. The Kier molecular flexibility index (Phi) is 5.20. The summed E-state index contributed by atoms with van der Waals surface area (Å²) in [6.07, 6.45) is 1.93. The van der Waals surface area contributed by atoms with Crippen molar-refractivity contribution in [1.82, 2.24) is 10.2 Å². The standard InChI is InChI=1S/C16H22N2O3/c1-12-7-9-18(10-8-12)16(20)15(19)17-11-13-5-3-4-6-14(13)21-2/h3-6,12H,7-11H2,1-2H3,(H,17,19). The van der Waals surface area contributed by atoms with Gasteiger partial charge in [0.15, 0.2) is 0 Å². The van der Waals surface area contributed by atoms with Crippen molar-refractivity contribution in [2.45, 2.75) is 26.3 Å². The van der Waals surface area contributed by atoms with E-state index in [1.54, 1.807) is 12.0 Å². The molecule has 0 spiro atoms. The molecule has 1 fully saturated rings. The van der Waals surface area contributed by atoms with Crippen molar-refractivity contribution in [1.29, 1.82) is 0 Å². The molecule has 1 aromatic rings. The summed E-state index contributed by atoms with van der Waals surface area (Å²) in [7, 11) is 1.58. The summed E-state index contributed by atoms with van der Waals surface area (Å²) in [5.74, 6) is 0.356. The van der Waals surface area contributed by atoms with Crippen molar-refractivity contribution in [2.24, 2.45) is 5.92 Å². The lowest BCUT2D eigenvalue weighted by Gasteiger charge is -2.29. The number of para-hydroxylation sites is 1. The first-order valence-corrected chi connectivity index (χ1v) is 7.30. The molecule has 5 nitrogen and oxygen atoms in total. The lowest BCUT2D eigenvalue weighted by Crippen LogP contribution is -2.46. The van der Waals surface area contributed by atoms with Gasteiger partial charge in [0.1, 0.15) is 5.75 Å². The highest BCUT2D eigenvalue weighted by Crippen LogP contribution is 2.17. The lowest BCUT2D eigenvalue weighted by atomic mass is 9.99. The van der Waals surface area contributed by atoms with E-state index in [-0.39, 0.29) is 0 Å². The van der Waals surface area contributed by atoms with Crippen LogP contribution < -0.4 is 10.1 Å². The van der Waals surface area contributed by atoms with Gasteiger partial charge in [0.25, 0.3) is 0 Å². The van der Waals surface area contributed by atoms with Crippen LogP contribution in [0.25, 0.3) is 0 Å². The number of carbonyl (C=O) groups excluding carboxylic acids is 2. The molecule has 0 aromatic heterocycles. The number of ether oxygens (including phenoxy) is 1. The van der Waals surface area contributed by atoms with Crippen LogP contribution in [0.2, 0.25) is 0 Å². The van der Waals surface area contributed by atoms with Crippen molar-refractivity contribution < 1.29 is 14.3 Å². The van der Waals surface area contributed by atoms with E-state index in [0.29, 0.717) is 31.3 Å². The van der Waals surface area contributed by atoms with Gasteiger partial charge < -0.3 is 15.0 Å². The number of hydrogen-bond donors (Lipinski definition) is 1. The zero-order valence-corrected chi connectivity index (χ0v) is 12.6. The third-order valence-corrected chi connectivity index (χ3v) is 3.90. The Hall–Kier alpha value is -2.04. The van der Waals surface area contributed by atoms with Crippen LogP contribution in [0, 0.1) is 5.92 Å². The molecule has 114 valence electrons. The maximum atomic E-state index is 12.1. The number of rotatable bonds is 3. The zero-order chi connectivity index (χ0) is 15.2. The number of nitrogens with one attached hydrogen (secondary N) is 1. The molecule has 0 radical (unpaired) electrons. The summed E-state index contributed by atoms with van der Waals surface area (Å²) in [4.78, 5) is 25.7. The number of methoxy groups -OCH3 is 1. The summed E-state index contributed by atoms with van der Waals surface area (Å²) >= 11 is 0. The van der Waals surface area contributed by atoms with Gasteiger partial charge in [0.2, 0.25) is 0 Å². The monoisotopic (exact) mass is 290 g/mol. The zero-order valence-electron chi connectivity index (χ0n) is 12.6. The first-order chi connectivity index (χ1) is 10.1. The summed E-state index contributed by atoms with van der Waals surface area (Å²) in [6, 6.07) is 7.43. The first-order valence-electron chi connectivity index (χ1n) is 7.30. The van der Waals surface area contributed by atoms with Gasteiger partial charge in [-0.3, -0.25) is 9.59 Å². The Bertz CT molecular complexity index is 508. The molecule has 1 heterocycles. The molecule has 0 aliphatic carbocycles. The topological polar surface area (TPSA) is 58.6 Å². The van der Waals surface area contributed by atoms with Gasteiger partial charge in [0.05, 0.1) is 7.11 Å². The Morgan fingerprint density at radius 1 is 1.29 bits per heavy atom. The predicted octanol–water partition coefficient (Wildman–Crippen LogP) is 1.57. The molecule has 5 heteroatoms. The number of hydrogen-bond acceptors (Lipinski definition) is 3. The number of carbonyl (C=O) groups is 2. The van der Waals surface area contributed by atoms with E-state index in [1.165, 1.54) is 0 Å². The van der Waals surface area contributed by atoms with Crippen LogP contribution in [0.15, 0.2) is 24.3 Å². The van der Waals surface area contributed by atoms with Crippen molar-refractivity contribution in [3.05, 3.63) is 29.8 Å². The van der Waals surface area contributed by atoms with E-state index in [9.17, 15) is 9.59 Å². The molecule has 2 rings (SSSR count). The van der Waals surface area contributed by atoms with Crippen LogP contribution >= 0.6 is 0 Å². The van der Waals surface area contributed by atoms with E-state index in [1.807, 2.05) is 24.3 Å². The summed E-state index contributed by atoms with van der Waals surface area (Å²) in [5, 5.41) is 2.67. The summed E-state index contributed by atoms with van der Waals surface area (Å²) < 4.78 is 5.22. The Balaban J connectivity index is 1.88. The molecule has 2 amide bonds. The van der Waals surface area contributed by atoms with E-state index < -0.39 is 11.8 Å². The minimum atomic E-state index is -0.546. The average molecular weight is 290 g/mol. The lowest BCUT2D eigenvalue weighted by molar-refractivity contribution is -0.146. The molecule has 0 bridgehead atoms. The minimum absolute atomic E-state index is 0.291. The fourth-order valence-corrected chi connectivity index (χ4v) is 2.46. The highest BCUT2D eigenvalue weighted by atomic mass is 16.5. The maximum Gasteiger partial charge on any atom is 0.311 e. The smallest absolute Gasteiger partial charge is 0.311 e. The van der Waals surface area contributed by atoms with Gasteiger partial charge in [-0.05, 0) is 24.8 Å². The molecule has 0 atom stereocenters.